The van der Waals surface area contributed by atoms with Crippen LogP contribution in [0.4, 0.5) is 0 Å². The lowest BCUT2D eigenvalue weighted by Crippen LogP contribution is -2.23. The van der Waals surface area contributed by atoms with Crippen LogP contribution in [-0.2, 0) is 10.0 Å². The number of hydrogen-bond acceptors (Lipinski definition) is 3. The Morgan fingerprint density at radius 3 is 2.44 bits per heavy atom. The van der Waals surface area contributed by atoms with E-state index in [1.54, 1.807) is 37.4 Å². The summed E-state index contributed by atoms with van der Waals surface area (Å²) >= 11 is 0. The summed E-state index contributed by atoms with van der Waals surface area (Å²) < 4.78 is 23.7. The zero-order valence-electron chi connectivity index (χ0n) is 8.66. The second-order valence-electron chi connectivity index (χ2n) is 3.31. The quantitative estimate of drug-likeness (QED) is 0.870. The Hall–Kier alpha value is -1.82. The Labute approximate surface area is 93.7 Å². The molecule has 0 radical (unpaired) electrons. The van der Waals surface area contributed by atoms with E-state index in [2.05, 4.69) is 9.93 Å². The van der Waals surface area contributed by atoms with Crippen LogP contribution in [0.5, 0.6) is 0 Å². The first kappa shape index (κ1) is 10.7. The van der Waals surface area contributed by atoms with Crippen LogP contribution < -0.4 is 4.83 Å². The third-order valence-corrected chi connectivity index (χ3v) is 3.31. The van der Waals surface area contributed by atoms with Crippen LogP contribution in [0.15, 0.2) is 47.5 Å². The zero-order chi connectivity index (χ0) is 11.6. The number of aromatic nitrogens is 2. The number of nitrogens with one attached hydrogen (secondary N) is 1. The molecule has 1 aromatic carbocycles. The highest BCUT2D eigenvalue weighted by Gasteiger charge is 2.13. The van der Waals surface area contributed by atoms with Gasteiger partial charge in [0.1, 0.15) is 0 Å². The molecule has 1 N–H and O–H groups in total. The van der Waals surface area contributed by atoms with Crippen molar-refractivity contribution in [2.24, 2.45) is 0 Å². The minimum absolute atomic E-state index is 0.211. The summed E-state index contributed by atoms with van der Waals surface area (Å²) in [6, 6.07) is 9.87. The number of benzene rings is 1. The maximum Gasteiger partial charge on any atom is 0.276 e. The van der Waals surface area contributed by atoms with Crippen LogP contribution in [0.25, 0.3) is 0 Å². The minimum Gasteiger partial charge on any atom is -0.200 e. The fraction of sp³-hybridized carbons (Fsp3) is 0.100. The van der Waals surface area contributed by atoms with Crippen molar-refractivity contribution < 1.29 is 8.42 Å². The molecular formula is C10H11N3O2S. The molecule has 84 valence electrons. The van der Waals surface area contributed by atoms with Gasteiger partial charge in [0.25, 0.3) is 10.0 Å². The largest absolute Gasteiger partial charge is 0.276 e. The standard InChI is InChI=1S/C10H11N3O2S/c1-9-7-8-13(11-9)12-16(14,15)10-5-3-2-4-6-10/h2-8,12H,1H3. The monoisotopic (exact) mass is 237 g/mol. The van der Waals surface area contributed by atoms with E-state index < -0.39 is 10.0 Å². The van der Waals surface area contributed by atoms with E-state index in [0.29, 0.717) is 0 Å². The van der Waals surface area contributed by atoms with Gasteiger partial charge in [0, 0.05) is 6.20 Å². The minimum atomic E-state index is -3.55. The van der Waals surface area contributed by atoms with E-state index >= 15 is 0 Å². The molecular weight excluding hydrogens is 226 g/mol. The van der Waals surface area contributed by atoms with Gasteiger partial charge in [0.2, 0.25) is 0 Å². The Morgan fingerprint density at radius 1 is 1.19 bits per heavy atom. The van der Waals surface area contributed by atoms with Gasteiger partial charge in [0.05, 0.1) is 10.6 Å². The van der Waals surface area contributed by atoms with Gasteiger partial charge in [-0.1, -0.05) is 18.2 Å². The lowest BCUT2D eigenvalue weighted by atomic mass is 10.4. The second-order valence-corrected chi connectivity index (χ2v) is 4.97. The third-order valence-electron chi connectivity index (χ3n) is 1.99. The third kappa shape index (κ3) is 2.22. The van der Waals surface area contributed by atoms with Crippen LogP contribution in [0.2, 0.25) is 0 Å². The highest BCUT2D eigenvalue weighted by Crippen LogP contribution is 2.08. The van der Waals surface area contributed by atoms with Crippen molar-refractivity contribution in [2.75, 3.05) is 4.83 Å². The van der Waals surface area contributed by atoms with Gasteiger partial charge in [-0.3, -0.25) is 0 Å². The first-order chi connectivity index (χ1) is 7.58. The normalized spacial score (nSPS) is 11.3. The number of rotatable bonds is 3. The van der Waals surface area contributed by atoms with Gasteiger partial charge >= 0.3 is 0 Å². The molecule has 1 aromatic heterocycles. The molecule has 5 nitrogen and oxygen atoms in total. The van der Waals surface area contributed by atoms with E-state index in [1.165, 1.54) is 16.9 Å². The molecule has 1 heterocycles. The van der Waals surface area contributed by atoms with Crippen LogP contribution in [0, 0.1) is 6.92 Å². The first-order valence-electron chi connectivity index (χ1n) is 4.68. The van der Waals surface area contributed by atoms with Crippen molar-refractivity contribution >= 4 is 10.0 Å². The van der Waals surface area contributed by atoms with Crippen molar-refractivity contribution in [1.29, 1.82) is 0 Å². The topological polar surface area (TPSA) is 64.0 Å². The molecule has 0 aliphatic carbocycles. The molecule has 0 aliphatic heterocycles. The van der Waals surface area contributed by atoms with E-state index in [4.69, 9.17) is 0 Å². The van der Waals surface area contributed by atoms with Crippen molar-refractivity contribution in [3.63, 3.8) is 0 Å². The lowest BCUT2D eigenvalue weighted by Gasteiger charge is -2.06. The molecule has 0 amide bonds. The Balaban J connectivity index is 2.28. The fourth-order valence-electron chi connectivity index (χ4n) is 1.24. The van der Waals surface area contributed by atoms with Gasteiger partial charge in [-0.2, -0.15) is 18.3 Å². The summed E-state index contributed by atoms with van der Waals surface area (Å²) in [6.45, 7) is 1.79. The van der Waals surface area contributed by atoms with E-state index in [-0.39, 0.29) is 4.90 Å². The molecule has 0 bridgehead atoms. The fourth-order valence-corrected chi connectivity index (χ4v) is 2.21. The Bertz CT molecular complexity index is 575. The summed E-state index contributed by atoms with van der Waals surface area (Å²) in [7, 11) is -3.55. The maximum atomic E-state index is 11.8. The first-order valence-corrected chi connectivity index (χ1v) is 6.16. The van der Waals surface area contributed by atoms with Gasteiger partial charge in [0.15, 0.2) is 0 Å². The summed E-state index contributed by atoms with van der Waals surface area (Å²) in [5.74, 6) is 0. The second kappa shape index (κ2) is 3.97. The van der Waals surface area contributed by atoms with Crippen LogP contribution >= 0.6 is 0 Å². The van der Waals surface area contributed by atoms with Crippen molar-refractivity contribution in [3.8, 4) is 0 Å². The maximum absolute atomic E-state index is 11.8. The number of aryl methyl sites for hydroxylation is 1. The number of nitrogens with zero attached hydrogens (tertiary/aromatic N) is 2. The van der Waals surface area contributed by atoms with Gasteiger partial charge in [-0.05, 0) is 25.1 Å². The van der Waals surface area contributed by atoms with Gasteiger partial charge < -0.3 is 0 Å². The number of hydrogen-bond donors (Lipinski definition) is 1. The number of sulfonamides is 1. The van der Waals surface area contributed by atoms with Crippen LogP contribution in [0.3, 0.4) is 0 Å². The summed E-state index contributed by atoms with van der Waals surface area (Å²) in [6.07, 6.45) is 1.55. The SMILES string of the molecule is Cc1ccn(NS(=O)(=O)c2ccccc2)n1. The summed E-state index contributed by atoms with van der Waals surface area (Å²) in [4.78, 5) is 3.72. The molecule has 0 unspecified atom stereocenters. The lowest BCUT2D eigenvalue weighted by molar-refractivity contribution is 0.591. The van der Waals surface area contributed by atoms with Gasteiger partial charge in [-0.15, -0.1) is 0 Å². The molecule has 0 saturated carbocycles. The molecule has 0 aliphatic rings. The zero-order valence-corrected chi connectivity index (χ0v) is 9.48. The van der Waals surface area contributed by atoms with E-state index in [9.17, 15) is 8.42 Å². The summed E-state index contributed by atoms with van der Waals surface area (Å²) in [5, 5.41) is 3.95. The van der Waals surface area contributed by atoms with E-state index in [0.717, 1.165) is 5.69 Å². The van der Waals surface area contributed by atoms with Crippen molar-refractivity contribution in [3.05, 3.63) is 48.3 Å². The molecule has 0 spiro atoms. The molecule has 0 fully saturated rings. The van der Waals surface area contributed by atoms with Crippen molar-refractivity contribution in [2.45, 2.75) is 11.8 Å². The molecule has 6 heteroatoms. The smallest absolute Gasteiger partial charge is 0.200 e. The van der Waals surface area contributed by atoms with Crippen LogP contribution in [0.1, 0.15) is 5.69 Å². The molecule has 2 rings (SSSR count). The van der Waals surface area contributed by atoms with Crippen molar-refractivity contribution in [1.82, 2.24) is 9.89 Å². The highest BCUT2D eigenvalue weighted by atomic mass is 32.2. The average molecular weight is 237 g/mol. The predicted molar refractivity (Wildman–Crippen MR) is 60.0 cm³/mol. The predicted octanol–water partition coefficient (Wildman–Crippen LogP) is 1.12. The average Bonchev–Trinajstić information content (AvgIpc) is 2.64. The summed E-state index contributed by atoms with van der Waals surface area (Å²) in [5.41, 5.74) is 0.746. The molecule has 0 saturated heterocycles. The van der Waals surface area contributed by atoms with Crippen LogP contribution in [-0.4, -0.2) is 18.3 Å². The Morgan fingerprint density at radius 2 is 1.88 bits per heavy atom. The molecule has 0 atom stereocenters. The molecule has 2 aromatic rings. The Kier molecular flexibility index (Phi) is 2.66. The van der Waals surface area contributed by atoms with E-state index in [1.807, 2.05) is 0 Å². The van der Waals surface area contributed by atoms with Gasteiger partial charge in [-0.25, -0.2) is 4.83 Å². The highest BCUT2D eigenvalue weighted by molar-refractivity contribution is 7.92. The molecule has 16 heavy (non-hydrogen) atoms.